The molecule has 0 atom stereocenters. The summed E-state index contributed by atoms with van der Waals surface area (Å²) in [5.74, 6) is -2.04. The first-order valence-electron chi connectivity index (χ1n) is 9.09. The molecule has 8 heteroatoms. The summed E-state index contributed by atoms with van der Waals surface area (Å²) in [5, 5.41) is 0. The van der Waals surface area contributed by atoms with Gasteiger partial charge in [0, 0.05) is 24.6 Å². The van der Waals surface area contributed by atoms with Crippen LogP contribution >= 0.6 is 15.9 Å². The molecule has 2 aromatic rings. The standard InChI is InChI=1S/C22H19BrN2O5/c1-3-10-25-20(27)16-9-8-14(11-17(16)21(25)28)22(29)30-13-19(26)24(2)12-15-6-4-5-7-18(15)23/h3-9,11H,1,10,12-13H2,2H3. The van der Waals surface area contributed by atoms with Gasteiger partial charge in [-0.2, -0.15) is 0 Å². The lowest BCUT2D eigenvalue weighted by molar-refractivity contribution is -0.133. The molecule has 0 radical (unpaired) electrons. The van der Waals surface area contributed by atoms with Gasteiger partial charge in [-0.3, -0.25) is 19.3 Å². The lowest BCUT2D eigenvalue weighted by atomic mass is 10.1. The predicted octanol–water partition coefficient (Wildman–Crippen LogP) is 3.05. The third-order valence-corrected chi connectivity index (χ3v) is 5.41. The molecule has 3 rings (SSSR count). The van der Waals surface area contributed by atoms with Crippen LogP contribution < -0.4 is 0 Å². The zero-order valence-electron chi connectivity index (χ0n) is 16.3. The second-order valence-corrected chi connectivity index (χ2v) is 7.54. The van der Waals surface area contributed by atoms with Gasteiger partial charge in [0.15, 0.2) is 6.61 Å². The Labute approximate surface area is 182 Å². The quantitative estimate of drug-likeness (QED) is 0.352. The van der Waals surface area contributed by atoms with E-state index in [1.165, 1.54) is 29.2 Å². The van der Waals surface area contributed by atoms with Crippen molar-refractivity contribution < 1.29 is 23.9 Å². The Balaban J connectivity index is 1.63. The fraction of sp³-hybridized carbons (Fsp3) is 0.182. The average Bonchev–Trinajstić information content (AvgIpc) is 2.98. The summed E-state index contributed by atoms with van der Waals surface area (Å²) in [6.45, 7) is 3.53. The molecule has 0 aromatic heterocycles. The molecule has 3 amide bonds. The van der Waals surface area contributed by atoms with Crippen molar-refractivity contribution in [1.29, 1.82) is 0 Å². The number of halogens is 1. The molecule has 1 aliphatic heterocycles. The van der Waals surface area contributed by atoms with Gasteiger partial charge in [-0.25, -0.2) is 4.79 Å². The number of hydrogen-bond donors (Lipinski definition) is 0. The van der Waals surface area contributed by atoms with Crippen LogP contribution in [0.5, 0.6) is 0 Å². The summed E-state index contributed by atoms with van der Waals surface area (Å²) in [7, 11) is 1.61. The van der Waals surface area contributed by atoms with Crippen molar-refractivity contribution in [3.63, 3.8) is 0 Å². The molecular formula is C22H19BrN2O5. The first-order chi connectivity index (χ1) is 14.3. The minimum absolute atomic E-state index is 0.0878. The average molecular weight is 471 g/mol. The maximum Gasteiger partial charge on any atom is 0.338 e. The minimum Gasteiger partial charge on any atom is -0.452 e. The zero-order chi connectivity index (χ0) is 21.8. The maximum atomic E-state index is 12.4. The first kappa shape index (κ1) is 21.4. The van der Waals surface area contributed by atoms with Crippen molar-refractivity contribution in [3.8, 4) is 0 Å². The topological polar surface area (TPSA) is 84.0 Å². The van der Waals surface area contributed by atoms with Crippen LogP contribution in [0.25, 0.3) is 0 Å². The normalized spacial score (nSPS) is 12.5. The molecule has 2 aromatic carbocycles. The molecule has 0 bridgehead atoms. The van der Waals surface area contributed by atoms with Crippen LogP contribution in [0.1, 0.15) is 36.6 Å². The van der Waals surface area contributed by atoms with Gasteiger partial charge in [-0.15, -0.1) is 6.58 Å². The first-order valence-corrected chi connectivity index (χ1v) is 9.88. The number of ether oxygens (including phenoxy) is 1. The summed E-state index contributed by atoms with van der Waals surface area (Å²) in [5.41, 5.74) is 1.37. The highest BCUT2D eigenvalue weighted by atomic mass is 79.9. The Hall–Kier alpha value is -3.26. The highest BCUT2D eigenvalue weighted by Gasteiger charge is 2.35. The lowest BCUT2D eigenvalue weighted by Crippen LogP contribution is -2.31. The second kappa shape index (κ2) is 9.04. The number of carbonyl (C=O) groups excluding carboxylic acids is 4. The van der Waals surface area contributed by atoms with Gasteiger partial charge in [-0.05, 0) is 29.8 Å². The third-order valence-electron chi connectivity index (χ3n) is 4.64. The van der Waals surface area contributed by atoms with E-state index in [2.05, 4.69) is 22.5 Å². The van der Waals surface area contributed by atoms with E-state index in [4.69, 9.17) is 4.74 Å². The second-order valence-electron chi connectivity index (χ2n) is 6.69. The molecule has 0 unspecified atom stereocenters. The molecule has 0 N–H and O–H groups in total. The minimum atomic E-state index is -0.747. The van der Waals surface area contributed by atoms with Crippen molar-refractivity contribution >= 4 is 39.6 Å². The van der Waals surface area contributed by atoms with Crippen molar-refractivity contribution in [3.05, 3.63) is 81.8 Å². The van der Waals surface area contributed by atoms with Crippen molar-refractivity contribution in [2.45, 2.75) is 6.54 Å². The van der Waals surface area contributed by atoms with Gasteiger partial charge in [0.05, 0.1) is 16.7 Å². The van der Waals surface area contributed by atoms with E-state index < -0.39 is 24.4 Å². The molecule has 7 nitrogen and oxygen atoms in total. The van der Waals surface area contributed by atoms with Crippen LogP contribution in [0.2, 0.25) is 0 Å². The van der Waals surface area contributed by atoms with Gasteiger partial charge in [0.2, 0.25) is 0 Å². The Morgan fingerprint density at radius 3 is 2.53 bits per heavy atom. The number of likely N-dealkylation sites (N-methyl/N-ethyl adjacent to an activating group) is 1. The molecule has 0 fully saturated rings. The number of hydrogen-bond acceptors (Lipinski definition) is 5. The Morgan fingerprint density at radius 2 is 1.83 bits per heavy atom. The summed E-state index contributed by atoms with van der Waals surface area (Å²) < 4.78 is 5.99. The van der Waals surface area contributed by atoms with E-state index in [9.17, 15) is 19.2 Å². The van der Waals surface area contributed by atoms with Crippen LogP contribution in [0.4, 0.5) is 0 Å². The third kappa shape index (κ3) is 4.33. The number of rotatable bonds is 7. The van der Waals surface area contributed by atoms with Crippen LogP contribution in [0.3, 0.4) is 0 Å². The van der Waals surface area contributed by atoms with Gasteiger partial charge in [0.1, 0.15) is 0 Å². The number of fused-ring (bicyclic) bond motifs is 1. The van der Waals surface area contributed by atoms with E-state index in [0.717, 1.165) is 14.9 Å². The number of nitrogens with zero attached hydrogens (tertiary/aromatic N) is 2. The molecule has 0 aliphatic carbocycles. The summed E-state index contributed by atoms with van der Waals surface area (Å²) in [6.07, 6.45) is 1.45. The fourth-order valence-corrected chi connectivity index (χ4v) is 3.41. The molecule has 0 saturated heterocycles. The van der Waals surface area contributed by atoms with Crippen LogP contribution in [0, 0.1) is 0 Å². The van der Waals surface area contributed by atoms with Crippen LogP contribution in [0.15, 0.2) is 59.6 Å². The molecule has 0 spiro atoms. The summed E-state index contributed by atoms with van der Waals surface area (Å²) >= 11 is 3.43. The monoisotopic (exact) mass is 470 g/mol. The number of esters is 1. The zero-order valence-corrected chi connectivity index (χ0v) is 17.8. The molecule has 1 aliphatic rings. The Kier molecular flexibility index (Phi) is 6.47. The molecule has 0 saturated carbocycles. The van der Waals surface area contributed by atoms with E-state index in [1.54, 1.807) is 7.05 Å². The van der Waals surface area contributed by atoms with Crippen LogP contribution in [-0.2, 0) is 16.1 Å². The van der Waals surface area contributed by atoms with Gasteiger partial charge in [-0.1, -0.05) is 40.2 Å². The molecule has 1 heterocycles. The molecule has 154 valence electrons. The van der Waals surface area contributed by atoms with Crippen molar-refractivity contribution in [2.75, 3.05) is 20.2 Å². The molecular weight excluding hydrogens is 452 g/mol. The Morgan fingerprint density at radius 1 is 1.13 bits per heavy atom. The van der Waals surface area contributed by atoms with E-state index >= 15 is 0 Å². The highest BCUT2D eigenvalue weighted by Crippen LogP contribution is 2.24. The summed E-state index contributed by atoms with van der Waals surface area (Å²) in [4.78, 5) is 51.8. The van der Waals surface area contributed by atoms with Crippen molar-refractivity contribution in [2.24, 2.45) is 0 Å². The number of carbonyl (C=O) groups is 4. The summed E-state index contributed by atoms with van der Waals surface area (Å²) in [6, 6.07) is 11.6. The predicted molar refractivity (Wildman–Crippen MR) is 113 cm³/mol. The van der Waals surface area contributed by atoms with Crippen molar-refractivity contribution in [1.82, 2.24) is 9.80 Å². The largest absolute Gasteiger partial charge is 0.452 e. The van der Waals surface area contributed by atoms with Gasteiger partial charge < -0.3 is 9.64 Å². The number of imide groups is 1. The van der Waals surface area contributed by atoms with Crippen LogP contribution in [-0.4, -0.2) is 53.7 Å². The van der Waals surface area contributed by atoms with E-state index in [0.29, 0.717) is 6.54 Å². The fourth-order valence-electron chi connectivity index (χ4n) is 3.00. The smallest absolute Gasteiger partial charge is 0.338 e. The van der Waals surface area contributed by atoms with Gasteiger partial charge in [0.25, 0.3) is 17.7 Å². The lowest BCUT2D eigenvalue weighted by Gasteiger charge is -2.18. The Bertz CT molecular complexity index is 1050. The number of benzene rings is 2. The number of amides is 3. The molecule has 30 heavy (non-hydrogen) atoms. The van der Waals surface area contributed by atoms with E-state index in [1.807, 2.05) is 24.3 Å². The van der Waals surface area contributed by atoms with E-state index in [-0.39, 0.29) is 29.1 Å². The maximum absolute atomic E-state index is 12.4. The SMILES string of the molecule is C=CCN1C(=O)c2ccc(C(=O)OCC(=O)N(C)Cc3ccccc3Br)cc2C1=O. The van der Waals surface area contributed by atoms with Gasteiger partial charge >= 0.3 is 5.97 Å². The highest BCUT2D eigenvalue weighted by molar-refractivity contribution is 9.10.